The van der Waals surface area contributed by atoms with E-state index in [-0.39, 0.29) is 6.03 Å². The summed E-state index contributed by atoms with van der Waals surface area (Å²) in [5.74, 6) is 0. The molecule has 92 valence electrons. The van der Waals surface area contributed by atoms with Crippen molar-refractivity contribution in [1.29, 1.82) is 0 Å². The summed E-state index contributed by atoms with van der Waals surface area (Å²) in [6, 6.07) is 0.730. The Morgan fingerprint density at radius 2 is 1.94 bits per heavy atom. The second-order valence-corrected chi connectivity index (χ2v) is 4.90. The molecule has 2 fully saturated rings. The summed E-state index contributed by atoms with van der Waals surface area (Å²) in [5, 5.41) is 0. The van der Waals surface area contributed by atoms with E-state index in [9.17, 15) is 4.79 Å². The Morgan fingerprint density at radius 1 is 1.19 bits per heavy atom. The molecule has 0 radical (unpaired) electrons. The highest BCUT2D eigenvalue weighted by atomic mass is 16.2. The molecule has 0 aromatic carbocycles. The lowest BCUT2D eigenvalue weighted by molar-refractivity contribution is 0.155. The van der Waals surface area contributed by atoms with Crippen LogP contribution in [0.25, 0.3) is 0 Å². The van der Waals surface area contributed by atoms with Gasteiger partial charge in [0.15, 0.2) is 0 Å². The standard InChI is InChI=1S/C12H23N3O/c13-7-3-5-11-6-4-10-15(11)12(16)14-8-1-2-9-14/h11H,1-10,13H2. The van der Waals surface area contributed by atoms with E-state index >= 15 is 0 Å². The fourth-order valence-electron chi connectivity index (χ4n) is 2.83. The van der Waals surface area contributed by atoms with Crippen LogP contribution in [0.1, 0.15) is 38.5 Å². The van der Waals surface area contributed by atoms with E-state index in [2.05, 4.69) is 4.90 Å². The zero-order valence-electron chi connectivity index (χ0n) is 10.0. The topological polar surface area (TPSA) is 49.6 Å². The molecule has 2 aliphatic rings. The van der Waals surface area contributed by atoms with Gasteiger partial charge in [0.2, 0.25) is 0 Å². The van der Waals surface area contributed by atoms with Crippen molar-refractivity contribution in [3.63, 3.8) is 0 Å². The number of hydrogen-bond acceptors (Lipinski definition) is 2. The first-order valence-electron chi connectivity index (χ1n) is 6.58. The average Bonchev–Trinajstić information content (AvgIpc) is 2.96. The second-order valence-electron chi connectivity index (χ2n) is 4.90. The van der Waals surface area contributed by atoms with E-state index in [1.807, 2.05) is 4.90 Å². The lowest BCUT2D eigenvalue weighted by Gasteiger charge is -2.29. The fourth-order valence-corrected chi connectivity index (χ4v) is 2.83. The van der Waals surface area contributed by atoms with Crippen LogP contribution in [0.3, 0.4) is 0 Å². The van der Waals surface area contributed by atoms with Gasteiger partial charge in [-0.05, 0) is 45.1 Å². The summed E-state index contributed by atoms with van der Waals surface area (Å²) in [5.41, 5.74) is 5.54. The van der Waals surface area contributed by atoms with Crippen molar-refractivity contribution in [2.75, 3.05) is 26.2 Å². The highest BCUT2D eigenvalue weighted by Crippen LogP contribution is 2.23. The molecule has 0 aromatic rings. The molecule has 2 N–H and O–H groups in total. The molecule has 2 rings (SSSR count). The van der Waals surface area contributed by atoms with Crippen molar-refractivity contribution in [2.45, 2.75) is 44.6 Å². The van der Waals surface area contributed by atoms with E-state index < -0.39 is 0 Å². The van der Waals surface area contributed by atoms with Crippen molar-refractivity contribution in [2.24, 2.45) is 5.73 Å². The number of carbonyl (C=O) groups excluding carboxylic acids is 1. The molecule has 2 amide bonds. The summed E-state index contributed by atoms with van der Waals surface area (Å²) in [7, 11) is 0. The third-order valence-corrected chi connectivity index (χ3v) is 3.74. The molecule has 1 unspecified atom stereocenters. The van der Waals surface area contributed by atoms with E-state index in [0.29, 0.717) is 6.04 Å². The van der Waals surface area contributed by atoms with E-state index in [0.717, 1.165) is 45.4 Å². The summed E-state index contributed by atoms with van der Waals surface area (Å²) < 4.78 is 0. The fraction of sp³-hybridized carbons (Fsp3) is 0.917. The van der Waals surface area contributed by atoms with Crippen LogP contribution in [-0.4, -0.2) is 48.1 Å². The van der Waals surface area contributed by atoms with Crippen LogP contribution in [0, 0.1) is 0 Å². The van der Waals surface area contributed by atoms with Gasteiger partial charge in [-0.3, -0.25) is 0 Å². The van der Waals surface area contributed by atoms with Crippen molar-refractivity contribution in [1.82, 2.24) is 9.80 Å². The van der Waals surface area contributed by atoms with Gasteiger partial charge in [-0.2, -0.15) is 0 Å². The van der Waals surface area contributed by atoms with Gasteiger partial charge >= 0.3 is 6.03 Å². The van der Waals surface area contributed by atoms with Gasteiger partial charge in [0, 0.05) is 25.7 Å². The molecule has 0 aromatic heterocycles. The highest BCUT2D eigenvalue weighted by molar-refractivity contribution is 5.75. The van der Waals surface area contributed by atoms with Crippen LogP contribution in [0.2, 0.25) is 0 Å². The van der Waals surface area contributed by atoms with Crippen molar-refractivity contribution < 1.29 is 4.79 Å². The maximum atomic E-state index is 12.2. The number of rotatable bonds is 3. The quantitative estimate of drug-likeness (QED) is 0.789. The van der Waals surface area contributed by atoms with Crippen molar-refractivity contribution in [3.8, 4) is 0 Å². The third kappa shape index (κ3) is 2.48. The number of hydrogen-bond donors (Lipinski definition) is 1. The molecular formula is C12H23N3O. The summed E-state index contributed by atoms with van der Waals surface area (Å²) >= 11 is 0. The lowest BCUT2D eigenvalue weighted by Crippen LogP contribution is -2.44. The average molecular weight is 225 g/mol. The van der Waals surface area contributed by atoms with E-state index in [1.54, 1.807) is 0 Å². The van der Waals surface area contributed by atoms with Crippen molar-refractivity contribution in [3.05, 3.63) is 0 Å². The molecular weight excluding hydrogens is 202 g/mol. The summed E-state index contributed by atoms with van der Waals surface area (Å²) in [6.07, 6.45) is 6.79. The van der Waals surface area contributed by atoms with Crippen LogP contribution in [0.4, 0.5) is 4.79 Å². The first-order chi connectivity index (χ1) is 7.83. The monoisotopic (exact) mass is 225 g/mol. The first-order valence-corrected chi connectivity index (χ1v) is 6.58. The van der Waals surface area contributed by atoms with E-state index in [1.165, 1.54) is 19.3 Å². The molecule has 1 atom stereocenters. The largest absolute Gasteiger partial charge is 0.330 e. The third-order valence-electron chi connectivity index (χ3n) is 3.74. The molecule has 0 aliphatic carbocycles. The minimum atomic E-state index is 0.275. The Morgan fingerprint density at radius 3 is 2.62 bits per heavy atom. The van der Waals surface area contributed by atoms with Gasteiger partial charge in [0.25, 0.3) is 0 Å². The SMILES string of the molecule is NCCCC1CCCN1C(=O)N1CCCC1. The van der Waals surface area contributed by atoms with Gasteiger partial charge in [-0.15, -0.1) is 0 Å². The van der Waals surface area contributed by atoms with Crippen LogP contribution in [0.5, 0.6) is 0 Å². The Bertz CT molecular complexity index is 238. The highest BCUT2D eigenvalue weighted by Gasteiger charge is 2.31. The van der Waals surface area contributed by atoms with Gasteiger partial charge in [-0.25, -0.2) is 4.79 Å². The van der Waals surface area contributed by atoms with Crippen molar-refractivity contribution >= 4 is 6.03 Å². The van der Waals surface area contributed by atoms with Gasteiger partial charge < -0.3 is 15.5 Å². The molecule has 4 nitrogen and oxygen atoms in total. The smallest absolute Gasteiger partial charge is 0.320 e. The molecule has 0 spiro atoms. The van der Waals surface area contributed by atoms with Crippen LogP contribution >= 0.6 is 0 Å². The van der Waals surface area contributed by atoms with Crippen LogP contribution in [-0.2, 0) is 0 Å². The van der Waals surface area contributed by atoms with Crippen LogP contribution in [0.15, 0.2) is 0 Å². The second kappa shape index (κ2) is 5.53. The number of nitrogens with two attached hydrogens (primary N) is 1. The lowest BCUT2D eigenvalue weighted by atomic mass is 10.1. The Balaban J connectivity index is 1.88. The predicted molar refractivity (Wildman–Crippen MR) is 64.2 cm³/mol. The minimum Gasteiger partial charge on any atom is -0.330 e. The Labute approximate surface area is 97.8 Å². The number of urea groups is 1. The van der Waals surface area contributed by atoms with Gasteiger partial charge in [0.1, 0.15) is 0 Å². The number of amides is 2. The molecule has 4 heteroatoms. The maximum Gasteiger partial charge on any atom is 0.320 e. The molecule has 2 saturated heterocycles. The number of likely N-dealkylation sites (tertiary alicyclic amines) is 2. The molecule has 16 heavy (non-hydrogen) atoms. The molecule has 0 bridgehead atoms. The summed E-state index contributed by atoms with van der Waals surface area (Å²) in [6.45, 7) is 3.60. The number of carbonyl (C=O) groups is 1. The predicted octanol–water partition coefficient (Wildman–Crippen LogP) is 1.41. The normalized spacial score (nSPS) is 25.4. The van der Waals surface area contributed by atoms with Gasteiger partial charge in [0.05, 0.1) is 0 Å². The molecule has 0 saturated carbocycles. The summed E-state index contributed by atoms with van der Waals surface area (Å²) in [4.78, 5) is 16.3. The Kier molecular flexibility index (Phi) is 4.04. The molecule has 2 aliphatic heterocycles. The van der Waals surface area contributed by atoms with Crippen LogP contribution < -0.4 is 5.73 Å². The zero-order chi connectivity index (χ0) is 11.4. The Hall–Kier alpha value is -0.770. The first kappa shape index (κ1) is 11.7. The molecule has 2 heterocycles. The number of nitrogens with zero attached hydrogens (tertiary/aromatic N) is 2. The minimum absolute atomic E-state index is 0.275. The maximum absolute atomic E-state index is 12.2. The van der Waals surface area contributed by atoms with E-state index in [4.69, 9.17) is 5.73 Å². The van der Waals surface area contributed by atoms with Gasteiger partial charge in [-0.1, -0.05) is 0 Å². The zero-order valence-corrected chi connectivity index (χ0v) is 10.0.